The van der Waals surface area contributed by atoms with E-state index < -0.39 is 18.2 Å². The van der Waals surface area contributed by atoms with Gasteiger partial charge in [0.15, 0.2) is 0 Å². The number of ether oxygens (including phenoxy) is 1. The molecule has 0 saturated carbocycles. The molecule has 2 aliphatic rings. The molecular weight excluding hydrogens is 200 g/mol. The van der Waals surface area contributed by atoms with Crippen molar-refractivity contribution in [2.24, 2.45) is 0 Å². The minimum absolute atomic E-state index is 0.128. The first-order chi connectivity index (χ1) is 7.18. The van der Waals surface area contributed by atoms with Gasteiger partial charge < -0.3 is 20.1 Å². The Kier molecular flexibility index (Phi) is 2.77. The second-order valence-electron chi connectivity index (χ2n) is 3.84. The molecule has 2 heterocycles. The third-order valence-corrected chi connectivity index (χ3v) is 2.86. The highest BCUT2D eigenvalue weighted by atomic mass is 16.6. The van der Waals surface area contributed by atoms with Gasteiger partial charge in [-0.05, 0) is 25.9 Å². The van der Waals surface area contributed by atoms with Crippen LogP contribution in [0.15, 0.2) is 0 Å². The number of piperidine rings is 1. The van der Waals surface area contributed by atoms with Crippen molar-refractivity contribution in [2.75, 3.05) is 19.6 Å². The van der Waals surface area contributed by atoms with E-state index in [1.54, 1.807) is 4.90 Å². The fourth-order valence-corrected chi connectivity index (χ4v) is 2.02. The van der Waals surface area contributed by atoms with Crippen molar-refractivity contribution in [3.8, 4) is 0 Å². The number of carboxylic acids is 1. The van der Waals surface area contributed by atoms with Gasteiger partial charge in [0.2, 0.25) is 6.10 Å². The zero-order chi connectivity index (χ0) is 10.8. The van der Waals surface area contributed by atoms with Crippen LogP contribution in [0.4, 0.5) is 4.79 Å². The lowest BCUT2D eigenvalue weighted by atomic mass is 10.1. The van der Waals surface area contributed by atoms with E-state index in [-0.39, 0.29) is 12.6 Å². The molecule has 2 N–H and O–H groups in total. The summed E-state index contributed by atoms with van der Waals surface area (Å²) in [5.74, 6) is -1.07. The van der Waals surface area contributed by atoms with Crippen molar-refractivity contribution in [3.05, 3.63) is 0 Å². The summed E-state index contributed by atoms with van der Waals surface area (Å²) in [4.78, 5) is 23.6. The van der Waals surface area contributed by atoms with Crippen molar-refractivity contribution in [1.82, 2.24) is 10.2 Å². The average Bonchev–Trinajstić information content (AvgIpc) is 2.62. The maximum absolute atomic E-state index is 11.4. The predicted octanol–water partition coefficient (Wildman–Crippen LogP) is -0.356. The van der Waals surface area contributed by atoms with E-state index in [0.29, 0.717) is 0 Å². The maximum Gasteiger partial charge on any atom is 0.411 e. The largest absolute Gasteiger partial charge is 0.478 e. The number of aliphatic carboxylic acids is 1. The normalized spacial score (nSPS) is 27.9. The Morgan fingerprint density at radius 2 is 2.13 bits per heavy atom. The molecule has 0 unspecified atom stereocenters. The van der Waals surface area contributed by atoms with Gasteiger partial charge in [0, 0.05) is 6.04 Å². The first-order valence-corrected chi connectivity index (χ1v) is 5.09. The van der Waals surface area contributed by atoms with Crippen molar-refractivity contribution in [2.45, 2.75) is 25.0 Å². The minimum atomic E-state index is -1.07. The number of hydrogen-bond acceptors (Lipinski definition) is 4. The zero-order valence-corrected chi connectivity index (χ0v) is 8.31. The van der Waals surface area contributed by atoms with Crippen LogP contribution in [-0.4, -0.2) is 53.8 Å². The monoisotopic (exact) mass is 214 g/mol. The molecule has 2 saturated heterocycles. The van der Waals surface area contributed by atoms with Gasteiger partial charge in [-0.1, -0.05) is 0 Å². The summed E-state index contributed by atoms with van der Waals surface area (Å²) in [6.45, 7) is 1.91. The van der Waals surface area contributed by atoms with Crippen LogP contribution in [0.25, 0.3) is 0 Å². The lowest BCUT2D eigenvalue weighted by molar-refractivity contribution is -0.144. The summed E-state index contributed by atoms with van der Waals surface area (Å²) in [5.41, 5.74) is 0. The molecule has 1 amide bonds. The summed E-state index contributed by atoms with van der Waals surface area (Å²) < 4.78 is 4.76. The number of amides is 1. The topological polar surface area (TPSA) is 78.9 Å². The molecule has 0 aromatic carbocycles. The van der Waals surface area contributed by atoms with Crippen molar-refractivity contribution < 1.29 is 19.4 Å². The highest BCUT2D eigenvalue weighted by Crippen LogP contribution is 2.19. The number of carbonyl (C=O) groups excluding carboxylic acids is 1. The lowest BCUT2D eigenvalue weighted by Gasteiger charge is -2.29. The molecule has 0 aromatic heterocycles. The number of carboxylic acid groups (broad SMARTS) is 1. The smallest absolute Gasteiger partial charge is 0.411 e. The fourth-order valence-electron chi connectivity index (χ4n) is 2.02. The summed E-state index contributed by atoms with van der Waals surface area (Å²) >= 11 is 0. The van der Waals surface area contributed by atoms with E-state index in [4.69, 9.17) is 9.84 Å². The molecule has 15 heavy (non-hydrogen) atoms. The second-order valence-corrected chi connectivity index (χ2v) is 3.84. The Bertz CT molecular complexity index is 275. The highest BCUT2D eigenvalue weighted by molar-refractivity contribution is 5.81. The molecule has 0 spiro atoms. The third kappa shape index (κ3) is 2.04. The van der Waals surface area contributed by atoms with Crippen molar-refractivity contribution >= 4 is 12.1 Å². The molecule has 0 radical (unpaired) electrons. The molecule has 1 atom stereocenters. The molecule has 84 valence electrons. The molecule has 2 fully saturated rings. The van der Waals surface area contributed by atoms with Crippen LogP contribution in [-0.2, 0) is 9.53 Å². The minimum Gasteiger partial charge on any atom is -0.478 e. The van der Waals surface area contributed by atoms with E-state index in [2.05, 4.69) is 5.32 Å². The van der Waals surface area contributed by atoms with Crippen LogP contribution < -0.4 is 5.32 Å². The third-order valence-electron chi connectivity index (χ3n) is 2.86. The Hall–Kier alpha value is -1.30. The summed E-state index contributed by atoms with van der Waals surface area (Å²) in [6.07, 6.45) is 0.241. The SMILES string of the molecule is O=C(O)[C@H]1CN(C2CCNCC2)C(=O)O1. The van der Waals surface area contributed by atoms with E-state index in [1.807, 2.05) is 0 Å². The van der Waals surface area contributed by atoms with Crippen LogP contribution in [0.5, 0.6) is 0 Å². The van der Waals surface area contributed by atoms with E-state index in [9.17, 15) is 9.59 Å². The molecule has 0 bridgehead atoms. The molecule has 0 aromatic rings. The molecule has 6 nitrogen and oxygen atoms in total. The van der Waals surface area contributed by atoms with Gasteiger partial charge in [-0.2, -0.15) is 0 Å². The van der Waals surface area contributed by atoms with Crippen LogP contribution in [0, 0.1) is 0 Å². The fraction of sp³-hybridized carbons (Fsp3) is 0.778. The zero-order valence-electron chi connectivity index (χ0n) is 8.31. The number of cyclic esters (lactones) is 1. The summed E-state index contributed by atoms with van der Waals surface area (Å²) in [6, 6.07) is 0.128. The summed E-state index contributed by atoms with van der Waals surface area (Å²) in [5, 5.41) is 11.9. The number of nitrogens with one attached hydrogen (secondary N) is 1. The van der Waals surface area contributed by atoms with Gasteiger partial charge >= 0.3 is 12.1 Å². The van der Waals surface area contributed by atoms with E-state index in [1.165, 1.54) is 0 Å². The van der Waals surface area contributed by atoms with Crippen LogP contribution in [0.2, 0.25) is 0 Å². The number of nitrogens with zero attached hydrogens (tertiary/aromatic N) is 1. The van der Waals surface area contributed by atoms with Gasteiger partial charge in [-0.25, -0.2) is 9.59 Å². The Balaban J connectivity index is 1.97. The van der Waals surface area contributed by atoms with E-state index >= 15 is 0 Å². The van der Waals surface area contributed by atoms with Gasteiger partial charge in [0.25, 0.3) is 0 Å². The molecule has 2 rings (SSSR count). The molecule has 2 aliphatic heterocycles. The average molecular weight is 214 g/mol. The van der Waals surface area contributed by atoms with Crippen molar-refractivity contribution in [1.29, 1.82) is 0 Å². The lowest BCUT2D eigenvalue weighted by Crippen LogP contribution is -2.44. The molecule has 6 heteroatoms. The first kappa shape index (κ1) is 10.2. The number of rotatable bonds is 2. The van der Waals surface area contributed by atoms with Crippen molar-refractivity contribution in [3.63, 3.8) is 0 Å². The molecule has 0 aliphatic carbocycles. The van der Waals surface area contributed by atoms with Crippen LogP contribution in [0.1, 0.15) is 12.8 Å². The van der Waals surface area contributed by atoms with Crippen LogP contribution in [0.3, 0.4) is 0 Å². The second kappa shape index (κ2) is 4.06. The maximum atomic E-state index is 11.4. The summed E-state index contributed by atoms with van der Waals surface area (Å²) in [7, 11) is 0. The highest BCUT2D eigenvalue weighted by Gasteiger charge is 2.39. The predicted molar refractivity (Wildman–Crippen MR) is 50.5 cm³/mol. The van der Waals surface area contributed by atoms with Gasteiger partial charge in [-0.3, -0.25) is 0 Å². The quantitative estimate of drug-likeness (QED) is 0.656. The Morgan fingerprint density at radius 3 is 2.67 bits per heavy atom. The number of carbonyl (C=O) groups is 2. The van der Waals surface area contributed by atoms with Gasteiger partial charge in [-0.15, -0.1) is 0 Å². The van der Waals surface area contributed by atoms with E-state index in [0.717, 1.165) is 25.9 Å². The Labute approximate surface area is 87.2 Å². The Morgan fingerprint density at radius 1 is 1.47 bits per heavy atom. The van der Waals surface area contributed by atoms with Crippen LogP contribution >= 0.6 is 0 Å². The number of hydrogen-bond donors (Lipinski definition) is 2. The van der Waals surface area contributed by atoms with Gasteiger partial charge in [0.05, 0.1) is 6.54 Å². The van der Waals surface area contributed by atoms with Gasteiger partial charge in [0.1, 0.15) is 0 Å². The molecular formula is C9H14N2O4. The first-order valence-electron chi connectivity index (χ1n) is 5.09. The standard InChI is InChI=1S/C9H14N2O4/c12-8(13)7-5-11(9(14)15-7)6-1-3-10-4-2-6/h6-7,10H,1-5H2,(H,12,13)/t7-/m1/s1.